The molecule has 3 aromatic carbocycles. The minimum Gasteiger partial charge on any atom is -0.465 e. The van der Waals surface area contributed by atoms with Gasteiger partial charge in [-0.15, -0.1) is 0 Å². The van der Waals surface area contributed by atoms with E-state index in [0.717, 1.165) is 27.6 Å². The maximum absolute atomic E-state index is 13.3. The number of ether oxygens (including phenoxy) is 1. The third-order valence-electron chi connectivity index (χ3n) is 5.93. The van der Waals surface area contributed by atoms with E-state index in [1.165, 1.54) is 19.2 Å². The van der Waals surface area contributed by atoms with Gasteiger partial charge in [-0.1, -0.05) is 40.2 Å². The number of rotatable bonds is 6. The number of hydrogen-bond acceptors (Lipinski definition) is 3. The van der Waals surface area contributed by atoms with Crippen molar-refractivity contribution < 1.29 is 27.5 Å². The Bertz CT molecular complexity index is 1410. The van der Waals surface area contributed by atoms with Crippen LogP contribution in [0.5, 0.6) is 0 Å². The van der Waals surface area contributed by atoms with Gasteiger partial charge in [-0.2, -0.15) is 13.2 Å². The van der Waals surface area contributed by atoms with Crippen LogP contribution in [-0.4, -0.2) is 23.6 Å². The minimum absolute atomic E-state index is 0.295. The average Bonchev–Trinajstić information content (AvgIpc) is 3.28. The highest BCUT2D eigenvalue weighted by atomic mass is 79.9. The first kappa shape index (κ1) is 25.5. The molecule has 1 atom stereocenters. The van der Waals surface area contributed by atoms with Crippen molar-refractivity contribution in [1.82, 2.24) is 9.88 Å². The number of benzene rings is 3. The molecule has 1 amide bonds. The molecule has 1 N–H and O–H groups in total. The van der Waals surface area contributed by atoms with E-state index in [1.54, 1.807) is 42.6 Å². The average molecular weight is 559 g/mol. The number of nitrogens with zero attached hydrogens (tertiary/aromatic N) is 1. The highest BCUT2D eigenvalue weighted by Crippen LogP contribution is 2.31. The molecule has 0 unspecified atom stereocenters. The van der Waals surface area contributed by atoms with Gasteiger partial charge in [0.2, 0.25) is 0 Å². The zero-order valence-electron chi connectivity index (χ0n) is 19.4. The Labute approximate surface area is 214 Å². The summed E-state index contributed by atoms with van der Waals surface area (Å²) in [6, 6.07) is 16.8. The zero-order valence-corrected chi connectivity index (χ0v) is 21.0. The van der Waals surface area contributed by atoms with Crippen LogP contribution < -0.4 is 5.32 Å². The number of nitrogens with one attached hydrogen (secondary N) is 1. The Morgan fingerprint density at radius 3 is 2.28 bits per heavy atom. The van der Waals surface area contributed by atoms with Gasteiger partial charge in [-0.3, -0.25) is 4.79 Å². The van der Waals surface area contributed by atoms with Gasteiger partial charge in [0.1, 0.15) is 0 Å². The van der Waals surface area contributed by atoms with Crippen LogP contribution in [0, 0.1) is 0 Å². The number of amides is 1. The number of hydrogen-bond donors (Lipinski definition) is 1. The minimum atomic E-state index is -4.40. The summed E-state index contributed by atoms with van der Waals surface area (Å²) in [7, 11) is 1.31. The Morgan fingerprint density at radius 1 is 1.00 bits per heavy atom. The molecule has 1 aromatic heterocycles. The number of methoxy groups -OCH3 is 1. The lowest BCUT2D eigenvalue weighted by Crippen LogP contribution is -2.27. The molecule has 4 aromatic rings. The first-order valence-corrected chi connectivity index (χ1v) is 11.8. The Balaban J connectivity index is 1.60. The van der Waals surface area contributed by atoms with Crippen LogP contribution in [-0.2, 0) is 17.5 Å². The molecule has 0 bridgehead atoms. The van der Waals surface area contributed by atoms with E-state index < -0.39 is 17.7 Å². The lowest BCUT2D eigenvalue weighted by molar-refractivity contribution is -0.137. The summed E-state index contributed by atoms with van der Waals surface area (Å²) < 4.78 is 46.1. The third kappa shape index (κ3) is 5.31. The zero-order chi connectivity index (χ0) is 26.0. The van der Waals surface area contributed by atoms with Crippen molar-refractivity contribution in [3.8, 4) is 0 Å². The lowest BCUT2D eigenvalue weighted by atomic mass is 10.0. The van der Waals surface area contributed by atoms with Crippen molar-refractivity contribution in [1.29, 1.82) is 0 Å². The van der Waals surface area contributed by atoms with Gasteiger partial charge in [-0.05, 0) is 60.5 Å². The van der Waals surface area contributed by atoms with Crippen molar-refractivity contribution >= 4 is 38.7 Å². The molecule has 0 aliphatic heterocycles. The largest absolute Gasteiger partial charge is 0.465 e. The monoisotopic (exact) mass is 558 g/mol. The first-order valence-electron chi connectivity index (χ1n) is 11.0. The van der Waals surface area contributed by atoms with Crippen LogP contribution >= 0.6 is 15.9 Å². The van der Waals surface area contributed by atoms with Crippen LogP contribution in [0.15, 0.2) is 77.4 Å². The van der Waals surface area contributed by atoms with Crippen LogP contribution in [0.3, 0.4) is 0 Å². The second kappa shape index (κ2) is 10.2. The van der Waals surface area contributed by atoms with E-state index in [-0.39, 0.29) is 11.9 Å². The van der Waals surface area contributed by atoms with Crippen molar-refractivity contribution in [2.45, 2.75) is 25.7 Å². The number of alkyl halides is 3. The number of aromatic nitrogens is 1. The molecule has 0 fully saturated rings. The predicted molar refractivity (Wildman–Crippen MR) is 134 cm³/mol. The summed E-state index contributed by atoms with van der Waals surface area (Å²) in [4.78, 5) is 25.0. The maximum Gasteiger partial charge on any atom is 0.416 e. The van der Waals surface area contributed by atoms with Gasteiger partial charge in [0.25, 0.3) is 5.91 Å². The van der Waals surface area contributed by atoms with Crippen LogP contribution in [0.4, 0.5) is 13.2 Å². The summed E-state index contributed by atoms with van der Waals surface area (Å²) in [5.74, 6) is -0.742. The fraction of sp³-hybridized carbons (Fsp3) is 0.185. The van der Waals surface area contributed by atoms with Crippen LogP contribution in [0.25, 0.3) is 10.9 Å². The predicted octanol–water partition coefficient (Wildman–Crippen LogP) is 6.75. The number of fused-ring (bicyclic) bond motifs is 1. The Hall–Kier alpha value is -3.59. The van der Waals surface area contributed by atoms with Gasteiger partial charge in [0, 0.05) is 22.6 Å². The molecule has 0 saturated carbocycles. The molecular formula is C27H22BrF3N2O3. The molecule has 0 saturated heterocycles. The van der Waals surface area contributed by atoms with Gasteiger partial charge in [0.05, 0.1) is 35.4 Å². The number of carbonyl (C=O) groups excluding carboxylic acids is 2. The maximum atomic E-state index is 13.3. The summed E-state index contributed by atoms with van der Waals surface area (Å²) in [5.41, 5.74) is 2.28. The first-order chi connectivity index (χ1) is 17.1. The molecule has 1 heterocycles. The van der Waals surface area contributed by atoms with Gasteiger partial charge in [-0.25, -0.2) is 4.79 Å². The lowest BCUT2D eigenvalue weighted by Gasteiger charge is -2.17. The van der Waals surface area contributed by atoms with E-state index in [2.05, 4.69) is 21.2 Å². The Morgan fingerprint density at radius 2 is 1.67 bits per heavy atom. The molecule has 0 aliphatic carbocycles. The molecule has 9 heteroatoms. The van der Waals surface area contributed by atoms with Crippen LogP contribution in [0.1, 0.15) is 50.4 Å². The molecular weight excluding hydrogens is 537 g/mol. The smallest absolute Gasteiger partial charge is 0.416 e. The molecule has 0 spiro atoms. The van der Waals surface area contributed by atoms with Gasteiger partial charge >= 0.3 is 12.1 Å². The summed E-state index contributed by atoms with van der Waals surface area (Å²) >= 11 is 3.51. The van der Waals surface area contributed by atoms with E-state index in [1.807, 2.05) is 17.6 Å². The van der Waals surface area contributed by atoms with Crippen LogP contribution in [0.2, 0.25) is 0 Å². The molecule has 0 radical (unpaired) electrons. The van der Waals surface area contributed by atoms with Crippen molar-refractivity contribution in [2.75, 3.05) is 7.11 Å². The van der Waals surface area contributed by atoms with E-state index in [0.29, 0.717) is 28.8 Å². The fourth-order valence-electron chi connectivity index (χ4n) is 3.98. The van der Waals surface area contributed by atoms with Crippen molar-refractivity contribution in [2.24, 2.45) is 0 Å². The summed E-state index contributed by atoms with van der Waals surface area (Å²) in [6.07, 6.45) is -2.59. The molecule has 186 valence electrons. The fourth-order valence-corrected chi connectivity index (χ4v) is 4.44. The number of halogens is 4. The van der Waals surface area contributed by atoms with E-state index >= 15 is 0 Å². The van der Waals surface area contributed by atoms with Crippen molar-refractivity contribution in [3.05, 3.63) is 105 Å². The second-order valence-electron chi connectivity index (χ2n) is 8.30. The molecule has 4 rings (SSSR count). The number of esters is 1. The third-order valence-corrected chi connectivity index (χ3v) is 6.62. The number of carbonyl (C=O) groups is 2. The highest BCUT2D eigenvalue weighted by Gasteiger charge is 2.30. The SMILES string of the molecule is COC(=O)c1ccc([C@@H](C)NC(=O)c2ccc(Br)c3ccn(Cc4ccc(C(F)(F)F)cc4)c23)cc1. The molecule has 5 nitrogen and oxygen atoms in total. The van der Waals surface area contributed by atoms with E-state index in [9.17, 15) is 22.8 Å². The quantitative estimate of drug-likeness (QED) is 0.266. The second-order valence-corrected chi connectivity index (χ2v) is 9.16. The highest BCUT2D eigenvalue weighted by molar-refractivity contribution is 9.10. The Kier molecular flexibility index (Phi) is 7.21. The summed E-state index contributed by atoms with van der Waals surface area (Å²) in [6.45, 7) is 2.13. The van der Waals surface area contributed by atoms with Gasteiger partial charge < -0.3 is 14.6 Å². The van der Waals surface area contributed by atoms with Gasteiger partial charge in [0.15, 0.2) is 0 Å². The van der Waals surface area contributed by atoms with E-state index in [4.69, 9.17) is 4.74 Å². The summed E-state index contributed by atoms with van der Waals surface area (Å²) in [5, 5.41) is 3.79. The molecule has 36 heavy (non-hydrogen) atoms. The molecule has 0 aliphatic rings. The topological polar surface area (TPSA) is 60.3 Å². The normalized spacial score (nSPS) is 12.4. The standard InChI is InChI=1S/C27H22BrF3N2O3/c1-16(18-5-7-19(8-6-18)26(35)36-2)32-25(34)22-11-12-23(28)21-13-14-33(24(21)22)15-17-3-9-20(10-4-17)27(29,30)31/h3-14,16H,15H2,1-2H3,(H,32,34)/t16-/m1/s1. The van der Waals surface area contributed by atoms with Crippen molar-refractivity contribution in [3.63, 3.8) is 0 Å².